The van der Waals surface area contributed by atoms with E-state index in [0.29, 0.717) is 5.69 Å². The number of amides is 1. The first-order chi connectivity index (χ1) is 11.0. The van der Waals surface area contributed by atoms with Crippen molar-refractivity contribution in [2.75, 3.05) is 5.32 Å². The van der Waals surface area contributed by atoms with Crippen LogP contribution in [0.1, 0.15) is 31.1 Å². The summed E-state index contributed by atoms with van der Waals surface area (Å²) < 4.78 is 37.7. The second-order valence-electron chi connectivity index (χ2n) is 6.08. The average Bonchev–Trinajstić information content (AvgIpc) is 2.48. The molecule has 0 fully saturated rings. The number of sulfone groups is 1. The van der Waals surface area contributed by atoms with Crippen molar-refractivity contribution < 1.29 is 17.6 Å². The Morgan fingerprint density at radius 3 is 2.38 bits per heavy atom. The van der Waals surface area contributed by atoms with Crippen molar-refractivity contribution in [3.05, 3.63) is 53.1 Å². The lowest BCUT2D eigenvalue weighted by Gasteiger charge is -2.19. The van der Waals surface area contributed by atoms with E-state index in [0.717, 1.165) is 12.1 Å². The molecule has 0 aliphatic rings. The summed E-state index contributed by atoms with van der Waals surface area (Å²) in [7, 11) is -3.84. The van der Waals surface area contributed by atoms with Crippen LogP contribution < -0.4 is 5.32 Å². The zero-order valence-electron chi connectivity index (χ0n) is 13.3. The second-order valence-corrected chi connectivity index (χ2v) is 9.14. The summed E-state index contributed by atoms with van der Waals surface area (Å²) in [5.74, 6) is -1.55. The Balaban J connectivity index is 2.29. The van der Waals surface area contributed by atoms with Gasteiger partial charge >= 0.3 is 0 Å². The summed E-state index contributed by atoms with van der Waals surface area (Å²) in [6.45, 7) is 4.45. The maximum atomic E-state index is 14.2. The van der Waals surface area contributed by atoms with Gasteiger partial charge < -0.3 is 5.32 Å². The molecular weight excluding hydrogens is 355 g/mol. The monoisotopic (exact) mass is 370 g/mol. The van der Waals surface area contributed by atoms with E-state index < -0.39 is 31.2 Å². The number of benzene rings is 1. The summed E-state index contributed by atoms with van der Waals surface area (Å²) in [6, 6.07) is 6.31. The van der Waals surface area contributed by atoms with Crippen LogP contribution in [0, 0.1) is 5.82 Å². The first kappa shape index (κ1) is 18.4. The molecule has 0 aliphatic heterocycles. The highest BCUT2D eigenvalue weighted by Gasteiger charge is 2.33. The highest BCUT2D eigenvalue weighted by atomic mass is 35.5. The Kier molecular flexibility index (Phi) is 4.96. The lowest BCUT2D eigenvalue weighted by Crippen LogP contribution is -2.28. The van der Waals surface area contributed by atoms with Gasteiger partial charge in [0.2, 0.25) is 0 Å². The van der Waals surface area contributed by atoms with E-state index in [1.54, 1.807) is 6.07 Å². The number of anilines is 1. The lowest BCUT2D eigenvalue weighted by atomic mass is 10.2. The van der Waals surface area contributed by atoms with Gasteiger partial charge in [-0.2, -0.15) is 0 Å². The molecule has 0 saturated carbocycles. The van der Waals surface area contributed by atoms with Crippen LogP contribution in [0.25, 0.3) is 0 Å². The van der Waals surface area contributed by atoms with E-state index in [4.69, 9.17) is 11.6 Å². The number of aromatic nitrogens is 1. The van der Waals surface area contributed by atoms with Crippen LogP contribution in [0.15, 0.2) is 41.4 Å². The first-order valence-corrected chi connectivity index (χ1v) is 8.85. The zero-order chi connectivity index (χ0) is 18.1. The minimum atomic E-state index is -3.84. The highest BCUT2D eigenvalue weighted by molar-refractivity contribution is 7.92. The zero-order valence-corrected chi connectivity index (χ0v) is 14.9. The number of halogens is 2. The SMILES string of the molecule is CC(C)(C)S(=O)(=O)c1ccc(C(=O)Nc2ccc(Cl)nc2)cc1F. The summed E-state index contributed by atoms with van der Waals surface area (Å²) in [5.41, 5.74) is 0.381. The highest BCUT2D eigenvalue weighted by Crippen LogP contribution is 2.27. The van der Waals surface area contributed by atoms with E-state index >= 15 is 0 Å². The van der Waals surface area contributed by atoms with Gasteiger partial charge in [0.1, 0.15) is 15.9 Å². The van der Waals surface area contributed by atoms with Crippen LogP contribution in [0.3, 0.4) is 0 Å². The fourth-order valence-electron chi connectivity index (χ4n) is 1.84. The van der Waals surface area contributed by atoms with Crippen molar-refractivity contribution in [2.45, 2.75) is 30.4 Å². The third kappa shape index (κ3) is 3.73. The number of pyridine rings is 1. The lowest BCUT2D eigenvalue weighted by molar-refractivity contribution is 0.102. The van der Waals surface area contributed by atoms with E-state index in [9.17, 15) is 17.6 Å². The van der Waals surface area contributed by atoms with Crippen molar-refractivity contribution in [1.82, 2.24) is 4.98 Å². The molecule has 0 bridgehead atoms. The summed E-state index contributed by atoms with van der Waals surface area (Å²) in [4.78, 5) is 15.5. The quantitative estimate of drug-likeness (QED) is 0.836. The Morgan fingerprint density at radius 2 is 1.88 bits per heavy atom. The first-order valence-electron chi connectivity index (χ1n) is 6.99. The Hall–Kier alpha value is -1.99. The second kappa shape index (κ2) is 6.49. The van der Waals surface area contributed by atoms with Crippen LogP contribution >= 0.6 is 11.6 Å². The molecule has 0 aliphatic carbocycles. The van der Waals surface area contributed by atoms with Crippen LogP contribution in [0.2, 0.25) is 5.15 Å². The predicted octanol–water partition coefficient (Wildman–Crippen LogP) is 3.70. The molecule has 128 valence electrons. The smallest absolute Gasteiger partial charge is 0.255 e. The van der Waals surface area contributed by atoms with Gasteiger partial charge in [-0.05, 0) is 51.1 Å². The molecule has 1 aromatic heterocycles. The largest absolute Gasteiger partial charge is 0.321 e. The van der Waals surface area contributed by atoms with Gasteiger partial charge in [-0.15, -0.1) is 0 Å². The van der Waals surface area contributed by atoms with Gasteiger partial charge in [0.25, 0.3) is 5.91 Å². The molecule has 0 spiro atoms. The fraction of sp³-hybridized carbons (Fsp3) is 0.250. The number of carbonyl (C=O) groups is 1. The van der Waals surface area contributed by atoms with Gasteiger partial charge in [-0.25, -0.2) is 17.8 Å². The van der Waals surface area contributed by atoms with Crippen molar-refractivity contribution in [1.29, 1.82) is 0 Å². The Bertz CT molecular complexity index is 875. The van der Waals surface area contributed by atoms with Crippen LogP contribution in [0.4, 0.5) is 10.1 Å². The maximum absolute atomic E-state index is 14.2. The minimum absolute atomic E-state index is 0.00434. The van der Waals surface area contributed by atoms with E-state index in [1.807, 2.05) is 0 Å². The van der Waals surface area contributed by atoms with E-state index in [2.05, 4.69) is 10.3 Å². The van der Waals surface area contributed by atoms with Gasteiger partial charge in [0.05, 0.1) is 16.6 Å². The molecule has 0 saturated heterocycles. The standard InChI is InChI=1S/C16H16ClFN2O3S/c1-16(2,3)24(22,23)13-6-4-10(8-12(13)18)15(21)20-11-5-7-14(17)19-9-11/h4-9H,1-3H3,(H,20,21). The average molecular weight is 371 g/mol. The summed E-state index contributed by atoms with van der Waals surface area (Å²) in [5, 5.41) is 2.80. The van der Waals surface area contributed by atoms with Crippen molar-refractivity contribution in [2.24, 2.45) is 0 Å². The molecule has 1 aromatic carbocycles. The number of rotatable bonds is 3. The molecule has 8 heteroatoms. The fourth-order valence-corrected chi connectivity index (χ4v) is 3.18. The molecule has 1 heterocycles. The molecule has 24 heavy (non-hydrogen) atoms. The molecule has 1 N–H and O–H groups in total. The normalized spacial score (nSPS) is 12.0. The topological polar surface area (TPSA) is 76.1 Å². The van der Waals surface area contributed by atoms with Gasteiger partial charge in [0, 0.05) is 5.56 Å². The molecule has 2 aromatic rings. The summed E-state index contributed by atoms with van der Waals surface area (Å²) >= 11 is 5.65. The van der Waals surface area contributed by atoms with Crippen molar-refractivity contribution >= 4 is 33.0 Å². The predicted molar refractivity (Wildman–Crippen MR) is 90.5 cm³/mol. The van der Waals surface area contributed by atoms with Gasteiger partial charge in [-0.1, -0.05) is 11.6 Å². The molecule has 0 atom stereocenters. The summed E-state index contributed by atoms with van der Waals surface area (Å²) in [6.07, 6.45) is 1.36. The minimum Gasteiger partial charge on any atom is -0.321 e. The Morgan fingerprint density at radius 1 is 1.21 bits per heavy atom. The third-order valence-electron chi connectivity index (χ3n) is 3.28. The maximum Gasteiger partial charge on any atom is 0.255 e. The van der Waals surface area contributed by atoms with Crippen molar-refractivity contribution in [3.63, 3.8) is 0 Å². The van der Waals surface area contributed by atoms with Crippen LogP contribution in [-0.2, 0) is 9.84 Å². The van der Waals surface area contributed by atoms with Gasteiger partial charge in [-0.3, -0.25) is 4.79 Å². The number of hydrogen-bond acceptors (Lipinski definition) is 4. The molecule has 0 unspecified atom stereocenters. The number of nitrogens with one attached hydrogen (secondary N) is 1. The molecule has 2 rings (SSSR count). The van der Waals surface area contributed by atoms with Crippen LogP contribution in [0.5, 0.6) is 0 Å². The van der Waals surface area contributed by atoms with E-state index in [-0.39, 0.29) is 10.7 Å². The van der Waals surface area contributed by atoms with Crippen LogP contribution in [-0.4, -0.2) is 24.1 Å². The Labute approximate surface area is 144 Å². The molecule has 5 nitrogen and oxygen atoms in total. The number of hydrogen-bond donors (Lipinski definition) is 1. The molecule has 1 amide bonds. The molecular formula is C16H16ClFN2O3S. The van der Waals surface area contributed by atoms with Crippen molar-refractivity contribution in [3.8, 4) is 0 Å². The van der Waals surface area contributed by atoms with E-state index in [1.165, 1.54) is 39.1 Å². The molecule has 0 radical (unpaired) electrons. The third-order valence-corrected chi connectivity index (χ3v) is 6.02. The van der Waals surface area contributed by atoms with Gasteiger partial charge in [0.15, 0.2) is 9.84 Å². The number of nitrogens with zero attached hydrogens (tertiary/aromatic N) is 1. The number of carbonyl (C=O) groups excluding carboxylic acids is 1.